The standard InChI is InChI=1S/C10H17NO6/c1-5(12)15-4-7-3-8(14)9(11)10(17-7)16-6(2)13/h7-10,14H,3-4,11H2,1-2H3. The summed E-state index contributed by atoms with van der Waals surface area (Å²) in [5.74, 6) is -0.993. The van der Waals surface area contributed by atoms with Gasteiger partial charge >= 0.3 is 11.9 Å². The van der Waals surface area contributed by atoms with Gasteiger partial charge in [-0.1, -0.05) is 0 Å². The Morgan fingerprint density at radius 3 is 2.59 bits per heavy atom. The van der Waals surface area contributed by atoms with Crippen LogP contribution in [-0.2, 0) is 23.8 Å². The fourth-order valence-corrected chi connectivity index (χ4v) is 1.53. The van der Waals surface area contributed by atoms with Crippen molar-refractivity contribution < 1.29 is 28.9 Å². The van der Waals surface area contributed by atoms with Gasteiger partial charge < -0.3 is 25.1 Å². The molecule has 98 valence electrons. The van der Waals surface area contributed by atoms with E-state index < -0.39 is 36.5 Å². The fourth-order valence-electron chi connectivity index (χ4n) is 1.53. The molecule has 0 bridgehead atoms. The highest BCUT2D eigenvalue weighted by Gasteiger charge is 2.37. The molecule has 1 aliphatic rings. The predicted molar refractivity (Wildman–Crippen MR) is 55.7 cm³/mol. The largest absolute Gasteiger partial charge is 0.463 e. The Bertz CT molecular complexity index is 295. The average molecular weight is 247 g/mol. The maximum Gasteiger partial charge on any atom is 0.304 e. The number of hydrogen-bond acceptors (Lipinski definition) is 7. The first-order valence-corrected chi connectivity index (χ1v) is 5.30. The molecule has 1 heterocycles. The van der Waals surface area contributed by atoms with E-state index >= 15 is 0 Å². The van der Waals surface area contributed by atoms with Crippen molar-refractivity contribution in [3.05, 3.63) is 0 Å². The summed E-state index contributed by atoms with van der Waals surface area (Å²) < 4.78 is 14.9. The molecule has 1 fully saturated rings. The van der Waals surface area contributed by atoms with E-state index in [1.165, 1.54) is 13.8 Å². The zero-order valence-corrected chi connectivity index (χ0v) is 9.79. The van der Waals surface area contributed by atoms with Gasteiger partial charge in [0.05, 0.1) is 18.2 Å². The predicted octanol–water partition coefficient (Wildman–Crippen LogP) is -1.08. The van der Waals surface area contributed by atoms with Crippen molar-refractivity contribution in [1.29, 1.82) is 0 Å². The van der Waals surface area contributed by atoms with Crippen LogP contribution < -0.4 is 5.73 Å². The van der Waals surface area contributed by atoms with Crippen LogP contribution in [0.2, 0.25) is 0 Å². The second-order valence-electron chi connectivity index (χ2n) is 3.92. The minimum Gasteiger partial charge on any atom is -0.463 e. The summed E-state index contributed by atoms with van der Waals surface area (Å²) in [6, 6.07) is -0.799. The number of nitrogens with two attached hydrogens (primary N) is 1. The van der Waals surface area contributed by atoms with Crippen LogP contribution in [0.1, 0.15) is 20.3 Å². The number of carbonyl (C=O) groups is 2. The Labute approximate surface area is 98.8 Å². The van der Waals surface area contributed by atoms with Crippen LogP contribution in [0.3, 0.4) is 0 Å². The summed E-state index contributed by atoms with van der Waals surface area (Å²) in [5.41, 5.74) is 5.63. The summed E-state index contributed by atoms with van der Waals surface area (Å²) >= 11 is 0. The summed E-state index contributed by atoms with van der Waals surface area (Å²) in [7, 11) is 0. The van der Waals surface area contributed by atoms with Crippen molar-refractivity contribution in [2.45, 2.75) is 44.8 Å². The first-order valence-electron chi connectivity index (χ1n) is 5.30. The molecular weight excluding hydrogens is 230 g/mol. The van der Waals surface area contributed by atoms with Crippen molar-refractivity contribution in [2.75, 3.05) is 6.61 Å². The van der Waals surface area contributed by atoms with E-state index in [-0.39, 0.29) is 13.0 Å². The Hall–Kier alpha value is -1.18. The van der Waals surface area contributed by atoms with E-state index in [0.29, 0.717) is 0 Å². The quantitative estimate of drug-likeness (QED) is 0.610. The molecule has 0 amide bonds. The molecule has 0 spiro atoms. The smallest absolute Gasteiger partial charge is 0.304 e. The molecule has 0 saturated carbocycles. The third-order valence-electron chi connectivity index (χ3n) is 2.34. The Balaban J connectivity index is 2.53. The van der Waals surface area contributed by atoms with Gasteiger partial charge in [0.25, 0.3) is 0 Å². The van der Waals surface area contributed by atoms with E-state index in [0.717, 1.165) is 0 Å². The Morgan fingerprint density at radius 1 is 1.41 bits per heavy atom. The molecule has 3 N–H and O–H groups in total. The lowest BCUT2D eigenvalue weighted by atomic mass is 10.0. The molecule has 1 rings (SSSR count). The van der Waals surface area contributed by atoms with Gasteiger partial charge in [0.1, 0.15) is 6.61 Å². The van der Waals surface area contributed by atoms with Gasteiger partial charge in [-0.2, -0.15) is 0 Å². The van der Waals surface area contributed by atoms with Crippen molar-refractivity contribution in [1.82, 2.24) is 0 Å². The minimum atomic E-state index is -1.02. The van der Waals surface area contributed by atoms with E-state index in [2.05, 4.69) is 0 Å². The van der Waals surface area contributed by atoms with E-state index in [4.69, 9.17) is 19.9 Å². The lowest BCUT2D eigenvalue weighted by molar-refractivity contribution is -0.229. The van der Waals surface area contributed by atoms with Gasteiger partial charge in [-0.25, -0.2) is 0 Å². The van der Waals surface area contributed by atoms with Crippen molar-refractivity contribution in [3.63, 3.8) is 0 Å². The van der Waals surface area contributed by atoms with Gasteiger partial charge in [0.2, 0.25) is 6.29 Å². The molecule has 7 heteroatoms. The fraction of sp³-hybridized carbons (Fsp3) is 0.800. The van der Waals surface area contributed by atoms with Gasteiger partial charge in [0, 0.05) is 20.3 Å². The molecule has 0 aromatic rings. The Morgan fingerprint density at radius 2 is 2.06 bits per heavy atom. The zero-order valence-electron chi connectivity index (χ0n) is 9.79. The number of carbonyl (C=O) groups excluding carboxylic acids is 2. The van der Waals surface area contributed by atoms with Crippen molar-refractivity contribution >= 4 is 11.9 Å². The number of aliphatic hydroxyl groups excluding tert-OH is 1. The number of aliphatic hydroxyl groups is 1. The second-order valence-corrected chi connectivity index (χ2v) is 3.92. The first kappa shape index (κ1) is 13.9. The molecule has 0 radical (unpaired) electrons. The van der Waals surface area contributed by atoms with Crippen LogP contribution in [-0.4, -0.2) is 48.2 Å². The highest BCUT2D eigenvalue weighted by molar-refractivity contribution is 5.66. The van der Waals surface area contributed by atoms with E-state index in [1.807, 2.05) is 0 Å². The highest BCUT2D eigenvalue weighted by atomic mass is 16.7. The molecule has 1 aliphatic heterocycles. The number of hydrogen-bond donors (Lipinski definition) is 2. The lowest BCUT2D eigenvalue weighted by Gasteiger charge is -2.36. The normalized spacial score (nSPS) is 32.9. The maximum atomic E-state index is 10.8. The number of rotatable bonds is 3. The molecule has 4 unspecified atom stereocenters. The third-order valence-corrected chi connectivity index (χ3v) is 2.34. The zero-order chi connectivity index (χ0) is 13.0. The highest BCUT2D eigenvalue weighted by Crippen LogP contribution is 2.20. The van der Waals surface area contributed by atoms with Crippen LogP contribution in [0, 0.1) is 0 Å². The molecule has 4 atom stereocenters. The molecular formula is C10H17NO6. The van der Waals surface area contributed by atoms with Gasteiger partial charge in [0.15, 0.2) is 0 Å². The third kappa shape index (κ3) is 4.29. The van der Waals surface area contributed by atoms with Crippen LogP contribution in [0.4, 0.5) is 0 Å². The molecule has 7 nitrogen and oxygen atoms in total. The summed E-state index contributed by atoms with van der Waals surface area (Å²) in [6.45, 7) is 2.49. The SMILES string of the molecule is CC(=O)OCC1CC(O)C(N)C(OC(C)=O)O1. The molecule has 0 aliphatic carbocycles. The van der Waals surface area contributed by atoms with Crippen molar-refractivity contribution in [3.8, 4) is 0 Å². The topological polar surface area (TPSA) is 108 Å². The summed E-state index contributed by atoms with van der Waals surface area (Å²) in [4.78, 5) is 21.5. The van der Waals surface area contributed by atoms with Crippen LogP contribution in [0.15, 0.2) is 0 Å². The van der Waals surface area contributed by atoms with Crippen molar-refractivity contribution in [2.24, 2.45) is 5.73 Å². The maximum absolute atomic E-state index is 10.8. The van der Waals surface area contributed by atoms with Gasteiger partial charge in [-0.15, -0.1) is 0 Å². The summed E-state index contributed by atoms with van der Waals surface area (Å²) in [6.07, 6.45) is -2.19. The minimum absolute atomic E-state index is 0.00310. The van der Waals surface area contributed by atoms with Crippen LogP contribution in [0.25, 0.3) is 0 Å². The van der Waals surface area contributed by atoms with E-state index in [9.17, 15) is 14.7 Å². The Kier molecular flexibility index (Phi) is 4.86. The average Bonchev–Trinajstić information content (AvgIpc) is 2.21. The molecule has 0 aromatic heterocycles. The van der Waals surface area contributed by atoms with Crippen LogP contribution in [0.5, 0.6) is 0 Å². The molecule has 0 aromatic carbocycles. The van der Waals surface area contributed by atoms with Crippen LogP contribution >= 0.6 is 0 Å². The summed E-state index contributed by atoms with van der Waals surface area (Å²) in [5, 5.41) is 9.66. The second kappa shape index (κ2) is 5.95. The monoisotopic (exact) mass is 247 g/mol. The van der Waals surface area contributed by atoms with E-state index in [1.54, 1.807) is 0 Å². The van der Waals surface area contributed by atoms with Gasteiger partial charge in [-0.05, 0) is 0 Å². The first-order chi connectivity index (χ1) is 7.90. The molecule has 17 heavy (non-hydrogen) atoms. The van der Waals surface area contributed by atoms with Gasteiger partial charge in [-0.3, -0.25) is 9.59 Å². The lowest BCUT2D eigenvalue weighted by Crippen LogP contribution is -2.55. The number of ether oxygens (including phenoxy) is 3. The molecule has 1 saturated heterocycles. The number of esters is 2.